The van der Waals surface area contributed by atoms with Crippen LogP contribution in [0.2, 0.25) is 0 Å². The summed E-state index contributed by atoms with van der Waals surface area (Å²) in [6, 6.07) is 1.79. The summed E-state index contributed by atoms with van der Waals surface area (Å²) in [5, 5.41) is 21.7. The van der Waals surface area contributed by atoms with Gasteiger partial charge in [-0.25, -0.2) is 4.79 Å². The molecule has 0 radical (unpaired) electrons. The van der Waals surface area contributed by atoms with Crippen molar-refractivity contribution in [3.8, 4) is 0 Å². The maximum absolute atomic E-state index is 13.3. The number of hydrogen-bond donors (Lipinski definition) is 2. The Kier molecular flexibility index (Phi) is 3.42. The Bertz CT molecular complexity index is 788. The number of ether oxygens (including phenoxy) is 2. The molecule has 1 aromatic rings. The lowest BCUT2D eigenvalue weighted by Crippen LogP contribution is -2.68. The van der Waals surface area contributed by atoms with Crippen molar-refractivity contribution >= 4 is 11.9 Å². The molecule has 5 rings (SSSR count). The minimum Gasteiger partial charge on any atom is -0.472 e. The molecule has 4 aliphatic rings. The lowest BCUT2D eigenvalue weighted by atomic mass is 9.42. The predicted molar refractivity (Wildman–Crippen MR) is 90.1 cm³/mol. The van der Waals surface area contributed by atoms with E-state index in [9.17, 15) is 19.8 Å². The third kappa shape index (κ3) is 1.80. The average Bonchev–Trinajstić information content (AvgIpc) is 3.32. The highest BCUT2D eigenvalue weighted by Gasteiger charge is 2.79. The van der Waals surface area contributed by atoms with Gasteiger partial charge in [-0.1, -0.05) is 6.92 Å². The minimum absolute atomic E-state index is 0.0928. The van der Waals surface area contributed by atoms with Gasteiger partial charge in [-0.3, -0.25) is 4.79 Å². The smallest absolute Gasteiger partial charge is 0.339 e. The van der Waals surface area contributed by atoms with E-state index in [-0.39, 0.29) is 30.8 Å². The van der Waals surface area contributed by atoms with Gasteiger partial charge in [0.05, 0.1) is 30.0 Å². The zero-order chi connectivity index (χ0) is 19.0. The molecule has 27 heavy (non-hydrogen) atoms. The van der Waals surface area contributed by atoms with E-state index in [0.717, 1.165) is 5.56 Å². The van der Waals surface area contributed by atoms with E-state index in [1.54, 1.807) is 18.6 Å². The van der Waals surface area contributed by atoms with Gasteiger partial charge in [0.1, 0.15) is 12.2 Å². The molecule has 2 aliphatic heterocycles. The molecule has 2 aliphatic carbocycles. The lowest BCUT2D eigenvalue weighted by molar-refractivity contribution is -0.215. The maximum Gasteiger partial charge on any atom is 0.339 e. The first-order chi connectivity index (χ1) is 12.9. The monoisotopic (exact) mass is 376 g/mol. The van der Waals surface area contributed by atoms with Crippen LogP contribution in [0.4, 0.5) is 0 Å². The van der Waals surface area contributed by atoms with Gasteiger partial charge in [0.15, 0.2) is 5.60 Å². The molecule has 7 heteroatoms. The van der Waals surface area contributed by atoms with Crippen LogP contribution in [0.5, 0.6) is 0 Å². The third-order valence-electron chi connectivity index (χ3n) is 7.98. The first-order valence-electron chi connectivity index (χ1n) is 9.67. The average molecular weight is 376 g/mol. The molecule has 1 aromatic heterocycles. The third-order valence-corrected chi connectivity index (χ3v) is 7.98. The van der Waals surface area contributed by atoms with Crippen molar-refractivity contribution < 1.29 is 33.7 Å². The number of carbonyl (C=O) groups excluding carboxylic acids is 2. The van der Waals surface area contributed by atoms with Gasteiger partial charge in [0.2, 0.25) is 0 Å². The number of rotatable bonds is 2. The molecule has 7 nitrogen and oxygen atoms in total. The summed E-state index contributed by atoms with van der Waals surface area (Å²) in [6.07, 6.45) is 4.52. The Labute approximate surface area is 156 Å². The van der Waals surface area contributed by atoms with Crippen LogP contribution in [0.25, 0.3) is 0 Å². The molecule has 7 unspecified atom stereocenters. The highest BCUT2D eigenvalue weighted by molar-refractivity contribution is 5.86. The summed E-state index contributed by atoms with van der Waals surface area (Å²) in [7, 11) is 0. The van der Waals surface area contributed by atoms with Crippen molar-refractivity contribution in [1.82, 2.24) is 0 Å². The van der Waals surface area contributed by atoms with Gasteiger partial charge < -0.3 is 24.1 Å². The van der Waals surface area contributed by atoms with Crippen LogP contribution in [-0.2, 0) is 19.1 Å². The summed E-state index contributed by atoms with van der Waals surface area (Å²) >= 11 is 0. The molecular weight excluding hydrogens is 352 g/mol. The molecule has 2 N–H and O–H groups in total. The van der Waals surface area contributed by atoms with E-state index in [1.807, 2.05) is 6.92 Å². The summed E-state index contributed by atoms with van der Waals surface area (Å²) in [5.74, 6) is -1.43. The van der Waals surface area contributed by atoms with Gasteiger partial charge in [-0.05, 0) is 43.6 Å². The van der Waals surface area contributed by atoms with E-state index in [1.165, 1.54) is 0 Å². The Morgan fingerprint density at radius 2 is 2.07 bits per heavy atom. The Morgan fingerprint density at radius 3 is 2.78 bits per heavy atom. The number of furan rings is 1. The van der Waals surface area contributed by atoms with E-state index < -0.39 is 34.6 Å². The lowest BCUT2D eigenvalue weighted by Gasteiger charge is -2.59. The Balaban J connectivity index is 1.64. The van der Waals surface area contributed by atoms with Crippen LogP contribution in [0.1, 0.15) is 50.7 Å². The fraction of sp³-hybridized carbons (Fsp3) is 0.700. The molecule has 2 saturated heterocycles. The van der Waals surface area contributed by atoms with Crippen LogP contribution in [0.15, 0.2) is 23.0 Å². The topological polar surface area (TPSA) is 106 Å². The van der Waals surface area contributed by atoms with Crippen LogP contribution in [0, 0.1) is 22.7 Å². The molecule has 0 amide bonds. The van der Waals surface area contributed by atoms with Gasteiger partial charge in [0.25, 0.3) is 0 Å². The number of fused-ring (bicyclic) bond motifs is 1. The second kappa shape index (κ2) is 5.35. The Hall–Kier alpha value is -1.86. The molecule has 4 fully saturated rings. The maximum atomic E-state index is 13.3. The fourth-order valence-corrected chi connectivity index (χ4v) is 6.65. The van der Waals surface area contributed by atoms with Crippen molar-refractivity contribution in [1.29, 1.82) is 0 Å². The van der Waals surface area contributed by atoms with Gasteiger partial charge >= 0.3 is 11.9 Å². The SMILES string of the molecule is CC1CC2OC(=O)C3(O)CCCC(C14CC(c1ccoc1)OC4=O)C23CO. The number of cyclic esters (lactones) is 1. The number of esters is 2. The molecule has 2 saturated carbocycles. The van der Waals surface area contributed by atoms with Crippen LogP contribution in [0.3, 0.4) is 0 Å². The van der Waals surface area contributed by atoms with Crippen molar-refractivity contribution in [3.05, 3.63) is 24.2 Å². The van der Waals surface area contributed by atoms with Crippen LogP contribution >= 0.6 is 0 Å². The molecule has 0 bridgehead atoms. The number of aliphatic hydroxyl groups is 2. The largest absolute Gasteiger partial charge is 0.472 e. The van der Waals surface area contributed by atoms with E-state index >= 15 is 0 Å². The molecule has 146 valence electrons. The fourth-order valence-electron chi connectivity index (χ4n) is 6.65. The van der Waals surface area contributed by atoms with Gasteiger partial charge in [0, 0.05) is 12.0 Å². The van der Waals surface area contributed by atoms with Crippen molar-refractivity contribution in [2.75, 3.05) is 6.61 Å². The quantitative estimate of drug-likeness (QED) is 0.757. The number of aliphatic hydroxyl groups excluding tert-OH is 1. The summed E-state index contributed by atoms with van der Waals surface area (Å²) in [5.41, 5.74) is -2.95. The first-order valence-corrected chi connectivity index (χ1v) is 9.67. The highest BCUT2D eigenvalue weighted by atomic mass is 16.6. The molecule has 1 spiro atoms. The second-order valence-electron chi connectivity index (χ2n) is 8.73. The highest BCUT2D eigenvalue weighted by Crippen LogP contribution is 2.70. The number of hydrogen-bond acceptors (Lipinski definition) is 7. The van der Waals surface area contributed by atoms with Crippen molar-refractivity contribution in [3.63, 3.8) is 0 Å². The Morgan fingerprint density at radius 1 is 1.26 bits per heavy atom. The molecule has 7 atom stereocenters. The zero-order valence-electron chi connectivity index (χ0n) is 15.2. The van der Waals surface area contributed by atoms with Crippen LogP contribution in [-0.4, -0.2) is 40.5 Å². The van der Waals surface area contributed by atoms with E-state index in [2.05, 4.69) is 0 Å². The normalized spacial score (nSPS) is 48.4. The summed E-state index contributed by atoms with van der Waals surface area (Å²) in [4.78, 5) is 25.8. The molecular formula is C20H24O7. The predicted octanol–water partition coefficient (Wildman–Crippen LogP) is 1.73. The van der Waals surface area contributed by atoms with Crippen molar-refractivity contribution in [2.45, 2.75) is 56.8 Å². The van der Waals surface area contributed by atoms with Crippen LogP contribution < -0.4 is 0 Å². The van der Waals surface area contributed by atoms with E-state index in [4.69, 9.17) is 13.9 Å². The van der Waals surface area contributed by atoms with Crippen molar-refractivity contribution in [2.24, 2.45) is 22.7 Å². The first kappa shape index (κ1) is 17.3. The van der Waals surface area contributed by atoms with Gasteiger partial charge in [-0.15, -0.1) is 0 Å². The molecule has 0 aromatic carbocycles. The second-order valence-corrected chi connectivity index (χ2v) is 8.73. The minimum atomic E-state index is -1.74. The van der Waals surface area contributed by atoms with E-state index in [0.29, 0.717) is 25.7 Å². The summed E-state index contributed by atoms with van der Waals surface area (Å²) in [6.45, 7) is 1.60. The van der Waals surface area contributed by atoms with Gasteiger partial charge in [-0.2, -0.15) is 0 Å². The standard InChI is InChI=1S/C20H24O7/c1-11-7-15-19(10-21)14(3-2-5-20(19,24)17(23)27-15)18(11)8-13(26-16(18)22)12-4-6-25-9-12/h4,6,9,11,13-15,21,24H,2-3,5,7-8,10H2,1H3. The number of carbonyl (C=O) groups is 2. The zero-order valence-corrected chi connectivity index (χ0v) is 15.2. The molecule has 3 heterocycles. The summed E-state index contributed by atoms with van der Waals surface area (Å²) < 4.78 is 16.5.